The predicted molar refractivity (Wildman–Crippen MR) is 59.4 cm³/mol. The molecule has 1 aromatic rings. The van der Waals surface area contributed by atoms with Gasteiger partial charge in [0.1, 0.15) is 5.82 Å². The van der Waals surface area contributed by atoms with Gasteiger partial charge in [0.05, 0.1) is 18.2 Å². The lowest BCUT2D eigenvalue weighted by Crippen LogP contribution is -2.37. The summed E-state index contributed by atoms with van der Waals surface area (Å²) in [5, 5.41) is 11.5. The molecule has 0 saturated carbocycles. The number of benzene rings is 1. The van der Waals surface area contributed by atoms with Crippen LogP contribution in [-0.4, -0.2) is 23.7 Å². The van der Waals surface area contributed by atoms with Crippen molar-refractivity contribution in [2.75, 3.05) is 12.3 Å². The molecule has 16 heavy (non-hydrogen) atoms. The summed E-state index contributed by atoms with van der Waals surface area (Å²) in [5.74, 6) is -0.887. The van der Waals surface area contributed by atoms with Crippen LogP contribution < -0.4 is 11.1 Å². The van der Waals surface area contributed by atoms with Crippen molar-refractivity contribution in [1.82, 2.24) is 5.32 Å². The minimum atomic E-state index is -0.483. The van der Waals surface area contributed by atoms with Gasteiger partial charge in [-0.1, -0.05) is 6.92 Å². The first-order chi connectivity index (χ1) is 7.58. The zero-order chi connectivity index (χ0) is 12.1. The number of hydrogen-bond donors (Lipinski definition) is 3. The van der Waals surface area contributed by atoms with Crippen LogP contribution in [-0.2, 0) is 0 Å². The van der Waals surface area contributed by atoms with Crippen LogP contribution in [0.5, 0.6) is 0 Å². The maximum atomic E-state index is 12.8. The second kappa shape index (κ2) is 5.46. The van der Waals surface area contributed by atoms with E-state index in [9.17, 15) is 9.18 Å². The Bertz CT molecular complexity index is 378. The molecule has 0 unspecified atom stereocenters. The van der Waals surface area contributed by atoms with Crippen LogP contribution in [0.15, 0.2) is 18.2 Å². The third-order valence-electron chi connectivity index (χ3n) is 2.31. The molecule has 0 aliphatic heterocycles. The van der Waals surface area contributed by atoms with E-state index in [1.165, 1.54) is 12.1 Å². The molecule has 0 fully saturated rings. The highest BCUT2D eigenvalue weighted by Gasteiger charge is 2.13. The third-order valence-corrected chi connectivity index (χ3v) is 2.31. The molecule has 1 amide bonds. The number of nitrogen functional groups attached to an aromatic ring is 1. The van der Waals surface area contributed by atoms with Crippen LogP contribution in [0.4, 0.5) is 10.1 Å². The largest absolute Gasteiger partial charge is 0.398 e. The van der Waals surface area contributed by atoms with Gasteiger partial charge in [0.2, 0.25) is 0 Å². The van der Waals surface area contributed by atoms with Gasteiger partial charge in [0.15, 0.2) is 0 Å². The van der Waals surface area contributed by atoms with Crippen LogP contribution in [0, 0.1) is 5.82 Å². The topological polar surface area (TPSA) is 75.3 Å². The molecule has 1 aromatic carbocycles. The summed E-state index contributed by atoms with van der Waals surface area (Å²) >= 11 is 0. The van der Waals surface area contributed by atoms with Crippen molar-refractivity contribution in [3.05, 3.63) is 29.6 Å². The molecule has 0 aliphatic rings. The molecule has 0 saturated heterocycles. The number of rotatable bonds is 4. The Hall–Kier alpha value is -1.62. The van der Waals surface area contributed by atoms with Crippen molar-refractivity contribution in [3.8, 4) is 0 Å². The van der Waals surface area contributed by atoms with E-state index >= 15 is 0 Å². The number of carbonyl (C=O) groups is 1. The maximum absolute atomic E-state index is 12.8. The van der Waals surface area contributed by atoms with E-state index in [0.29, 0.717) is 6.42 Å². The fourth-order valence-corrected chi connectivity index (χ4v) is 1.28. The zero-order valence-corrected chi connectivity index (χ0v) is 9.03. The highest BCUT2D eigenvalue weighted by molar-refractivity contribution is 5.99. The van der Waals surface area contributed by atoms with Crippen molar-refractivity contribution in [3.63, 3.8) is 0 Å². The summed E-state index contributed by atoms with van der Waals surface area (Å²) < 4.78 is 12.8. The first-order valence-corrected chi connectivity index (χ1v) is 5.05. The molecule has 4 N–H and O–H groups in total. The van der Waals surface area contributed by atoms with Gasteiger partial charge < -0.3 is 16.2 Å². The SMILES string of the molecule is CC[C@@H](CO)NC(=O)c1ccc(F)cc1N. The number of aliphatic hydroxyl groups is 1. The average Bonchev–Trinajstić information content (AvgIpc) is 2.25. The van der Waals surface area contributed by atoms with E-state index in [4.69, 9.17) is 10.8 Å². The van der Waals surface area contributed by atoms with Crippen LogP contribution in [0.3, 0.4) is 0 Å². The fourth-order valence-electron chi connectivity index (χ4n) is 1.28. The van der Waals surface area contributed by atoms with Gasteiger partial charge in [-0.15, -0.1) is 0 Å². The lowest BCUT2D eigenvalue weighted by molar-refractivity contribution is 0.0916. The molecule has 4 nitrogen and oxygen atoms in total. The smallest absolute Gasteiger partial charge is 0.253 e. The van der Waals surface area contributed by atoms with Gasteiger partial charge in [0, 0.05) is 5.69 Å². The van der Waals surface area contributed by atoms with Crippen LogP contribution in [0.1, 0.15) is 23.7 Å². The van der Waals surface area contributed by atoms with Gasteiger partial charge in [0.25, 0.3) is 5.91 Å². The molecule has 1 rings (SSSR count). The van der Waals surface area contributed by atoms with Crippen LogP contribution in [0.2, 0.25) is 0 Å². The number of anilines is 1. The molecule has 0 aliphatic carbocycles. The summed E-state index contributed by atoms with van der Waals surface area (Å²) in [5.41, 5.74) is 5.82. The van der Waals surface area contributed by atoms with Crippen LogP contribution in [0.25, 0.3) is 0 Å². The van der Waals surface area contributed by atoms with Crippen molar-refractivity contribution in [1.29, 1.82) is 0 Å². The Morgan fingerprint density at radius 1 is 1.62 bits per heavy atom. The van der Waals surface area contributed by atoms with E-state index < -0.39 is 11.7 Å². The first-order valence-electron chi connectivity index (χ1n) is 5.05. The Kier molecular flexibility index (Phi) is 4.25. The summed E-state index contributed by atoms with van der Waals surface area (Å²) in [4.78, 5) is 11.7. The zero-order valence-electron chi connectivity index (χ0n) is 9.03. The number of halogens is 1. The summed E-state index contributed by atoms with van der Waals surface area (Å²) in [6, 6.07) is 3.28. The van der Waals surface area contributed by atoms with Crippen molar-refractivity contribution in [2.24, 2.45) is 0 Å². The molecule has 0 heterocycles. The van der Waals surface area contributed by atoms with Crippen molar-refractivity contribution >= 4 is 11.6 Å². The molecule has 5 heteroatoms. The van der Waals surface area contributed by atoms with Gasteiger partial charge in [-0.05, 0) is 24.6 Å². The highest BCUT2D eigenvalue weighted by atomic mass is 19.1. The monoisotopic (exact) mass is 226 g/mol. The quantitative estimate of drug-likeness (QED) is 0.668. The standard InChI is InChI=1S/C11H15FN2O2/c1-2-8(6-15)14-11(16)9-4-3-7(12)5-10(9)13/h3-5,8,15H,2,6,13H2,1H3,(H,14,16)/t8-/m0/s1. The minimum Gasteiger partial charge on any atom is -0.398 e. The molecule has 1 atom stereocenters. The Morgan fingerprint density at radius 2 is 2.31 bits per heavy atom. The molecule has 0 bridgehead atoms. The normalized spacial score (nSPS) is 12.2. The number of hydrogen-bond acceptors (Lipinski definition) is 3. The molecular weight excluding hydrogens is 211 g/mol. The molecular formula is C11H15FN2O2. The van der Waals surface area contributed by atoms with Gasteiger partial charge in [-0.25, -0.2) is 4.39 Å². The minimum absolute atomic E-state index is 0.0882. The molecule has 0 aromatic heterocycles. The average molecular weight is 226 g/mol. The summed E-state index contributed by atoms with van der Waals surface area (Å²) in [6.07, 6.45) is 0.614. The Morgan fingerprint density at radius 3 is 2.81 bits per heavy atom. The third kappa shape index (κ3) is 2.93. The van der Waals surface area contributed by atoms with E-state index in [1.807, 2.05) is 6.92 Å². The molecule has 0 spiro atoms. The molecule has 88 valence electrons. The van der Waals surface area contributed by atoms with E-state index in [2.05, 4.69) is 5.32 Å². The number of carbonyl (C=O) groups excluding carboxylic acids is 1. The van der Waals surface area contributed by atoms with Gasteiger partial charge >= 0.3 is 0 Å². The van der Waals surface area contributed by atoms with Crippen molar-refractivity contribution < 1.29 is 14.3 Å². The summed E-state index contributed by atoms with van der Waals surface area (Å²) in [7, 11) is 0. The van der Waals surface area contributed by atoms with Gasteiger partial charge in [-0.2, -0.15) is 0 Å². The van der Waals surface area contributed by atoms with Crippen molar-refractivity contribution in [2.45, 2.75) is 19.4 Å². The maximum Gasteiger partial charge on any atom is 0.253 e. The second-order valence-electron chi connectivity index (χ2n) is 3.49. The number of nitrogens with one attached hydrogen (secondary N) is 1. The molecule has 0 radical (unpaired) electrons. The fraction of sp³-hybridized carbons (Fsp3) is 0.364. The Balaban J connectivity index is 2.80. The van der Waals surface area contributed by atoms with E-state index in [1.54, 1.807) is 0 Å². The van der Waals surface area contributed by atoms with Gasteiger partial charge in [-0.3, -0.25) is 4.79 Å². The highest BCUT2D eigenvalue weighted by Crippen LogP contribution is 2.13. The first kappa shape index (κ1) is 12.4. The second-order valence-corrected chi connectivity index (χ2v) is 3.49. The van der Waals surface area contributed by atoms with Crippen LogP contribution >= 0.6 is 0 Å². The lowest BCUT2D eigenvalue weighted by Gasteiger charge is -2.14. The van der Waals surface area contributed by atoms with E-state index in [0.717, 1.165) is 6.07 Å². The Labute approximate surface area is 93.3 Å². The number of nitrogens with two attached hydrogens (primary N) is 1. The van der Waals surface area contributed by atoms with E-state index in [-0.39, 0.29) is 23.9 Å². The predicted octanol–water partition coefficient (Wildman–Crippen LogP) is 0.909. The summed E-state index contributed by atoms with van der Waals surface area (Å²) in [6.45, 7) is 1.71. The lowest BCUT2D eigenvalue weighted by atomic mass is 10.1. The number of aliphatic hydroxyl groups excluding tert-OH is 1. The number of amides is 1.